The normalized spacial score (nSPS) is 20.8. The third-order valence-corrected chi connectivity index (χ3v) is 4.97. The summed E-state index contributed by atoms with van der Waals surface area (Å²) in [5.74, 6) is 2.29. The fourth-order valence-corrected chi connectivity index (χ4v) is 3.96. The maximum absolute atomic E-state index is 9.56. The second-order valence-corrected chi connectivity index (χ2v) is 7.28. The number of nitrogens with two attached hydrogens (primary N) is 1. The number of aryl methyl sites for hydroxylation is 1. The number of nitriles is 1. The zero-order chi connectivity index (χ0) is 17.3. The average Bonchev–Trinajstić information content (AvgIpc) is 2.84. The monoisotopic (exact) mass is 322 g/mol. The van der Waals surface area contributed by atoms with Crippen molar-refractivity contribution in [1.82, 2.24) is 4.57 Å². The standard InChI is InChI=1S/C20H26N4/c1-14-8-15(2)12-23(11-14)20-19(22)9-18(10-21)24(20)13-17-7-5-4-6-16(17)3/h4-7,9,14-15H,8,11-13,22H2,1-3H3/t14-,15-/m1/s1. The lowest BCUT2D eigenvalue weighted by Gasteiger charge is -2.37. The van der Waals surface area contributed by atoms with E-state index >= 15 is 0 Å². The van der Waals surface area contributed by atoms with Crippen molar-refractivity contribution in [3.63, 3.8) is 0 Å². The van der Waals surface area contributed by atoms with Gasteiger partial charge in [0.25, 0.3) is 0 Å². The number of nitrogens with zero attached hydrogens (tertiary/aromatic N) is 3. The molecule has 0 saturated carbocycles. The molecule has 126 valence electrons. The van der Waals surface area contributed by atoms with Gasteiger partial charge in [-0.15, -0.1) is 0 Å². The van der Waals surface area contributed by atoms with Gasteiger partial charge in [0.15, 0.2) is 0 Å². The van der Waals surface area contributed by atoms with E-state index in [0.717, 1.165) is 18.9 Å². The Hall–Kier alpha value is -2.41. The van der Waals surface area contributed by atoms with Crippen LogP contribution in [0.3, 0.4) is 0 Å². The Morgan fingerprint density at radius 1 is 1.21 bits per heavy atom. The van der Waals surface area contributed by atoms with Crippen molar-refractivity contribution in [2.45, 2.75) is 33.7 Å². The van der Waals surface area contributed by atoms with Crippen molar-refractivity contribution in [1.29, 1.82) is 5.26 Å². The topological polar surface area (TPSA) is 58.0 Å². The molecular weight excluding hydrogens is 296 g/mol. The molecule has 0 unspecified atom stereocenters. The van der Waals surface area contributed by atoms with Crippen LogP contribution >= 0.6 is 0 Å². The van der Waals surface area contributed by atoms with Crippen LogP contribution in [0.15, 0.2) is 30.3 Å². The van der Waals surface area contributed by atoms with Gasteiger partial charge in [0.1, 0.15) is 17.6 Å². The van der Waals surface area contributed by atoms with Gasteiger partial charge in [0.05, 0.1) is 12.2 Å². The SMILES string of the molecule is Cc1ccccc1Cn1c(C#N)cc(N)c1N1C[C@H](C)C[C@@H](C)C1. The van der Waals surface area contributed by atoms with Gasteiger partial charge < -0.3 is 15.2 Å². The number of rotatable bonds is 3. The highest BCUT2D eigenvalue weighted by molar-refractivity contribution is 5.68. The van der Waals surface area contributed by atoms with Gasteiger partial charge in [-0.25, -0.2) is 0 Å². The van der Waals surface area contributed by atoms with Gasteiger partial charge in [-0.1, -0.05) is 38.1 Å². The van der Waals surface area contributed by atoms with Crippen LogP contribution in [0, 0.1) is 30.1 Å². The summed E-state index contributed by atoms with van der Waals surface area (Å²) in [7, 11) is 0. The van der Waals surface area contributed by atoms with Crippen molar-refractivity contribution in [2.24, 2.45) is 11.8 Å². The highest BCUT2D eigenvalue weighted by Crippen LogP contribution is 2.33. The van der Waals surface area contributed by atoms with Crippen LogP contribution in [-0.2, 0) is 6.54 Å². The molecule has 1 aromatic heterocycles. The van der Waals surface area contributed by atoms with Crippen LogP contribution in [0.25, 0.3) is 0 Å². The number of aromatic nitrogens is 1. The first kappa shape index (κ1) is 16.4. The smallest absolute Gasteiger partial charge is 0.133 e. The first-order valence-electron chi connectivity index (χ1n) is 8.68. The summed E-state index contributed by atoms with van der Waals surface area (Å²) in [6, 6.07) is 12.5. The Labute approximate surface area is 144 Å². The molecule has 0 bridgehead atoms. The Kier molecular flexibility index (Phi) is 4.53. The van der Waals surface area contributed by atoms with Gasteiger partial charge >= 0.3 is 0 Å². The van der Waals surface area contributed by atoms with Gasteiger partial charge in [0.2, 0.25) is 0 Å². The largest absolute Gasteiger partial charge is 0.396 e. The van der Waals surface area contributed by atoms with E-state index in [4.69, 9.17) is 5.73 Å². The predicted octanol–water partition coefficient (Wildman–Crippen LogP) is 3.78. The molecule has 2 atom stereocenters. The minimum Gasteiger partial charge on any atom is -0.396 e. The number of benzene rings is 1. The second-order valence-electron chi connectivity index (χ2n) is 7.28. The van der Waals surface area contributed by atoms with E-state index in [1.807, 2.05) is 18.2 Å². The summed E-state index contributed by atoms with van der Waals surface area (Å²) in [6.45, 7) is 9.37. The molecule has 2 N–H and O–H groups in total. The molecule has 3 rings (SSSR count). The molecule has 0 spiro atoms. The summed E-state index contributed by atoms with van der Waals surface area (Å²) in [6.07, 6.45) is 1.25. The van der Waals surface area contributed by atoms with Crippen molar-refractivity contribution in [2.75, 3.05) is 23.7 Å². The van der Waals surface area contributed by atoms with Crippen LogP contribution in [0.5, 0.6) is 0 Å². The van der Waals surface area contributed by atoms with E-state index in [1.54, 1.807) is 0 Å². The summed E-state index contributed by atoms with van der Waals surface area (Å²) in [5, 5.41) is 9.56. The zero-order valence-corrected chi connectivity index (χ0v) is 14.8. The molecule has 4 nitrogen and oxygen atoms in total. The molecule has 0 aliphatic carbocycles. The number of anilines is 2. The fraction of sp³-hybridized carbons (Fsp3) is 0.450. The molecule has 1 aliphatic rings. The predicted molar refractivity (Wildman–Crippen MR) is 99.0 cm³/mol. The first-order valence-corrected chi connectivity index (χ1v) is 8.68. The van der Waals surface area contributed by atoms with Crippen LogP contribution < -0.4 is 10.6 Å². The van der Waals surface area contributed by atoms with E-state index in [2.05, 4.69) is 48.4 Å². The van der Waals surface area contributed by atoms with Crippen molar-refractivity contribution in [3.8, 4) is 6.07 Å². The Balaban J connectivity index is 2.02. The Bertz CT molecular complexity index is 758. The molecule has 1 fully saturated rings. The first-order chi connectivity index (χ1) is 11.5. The summed E-state index contributed by atoms with van der Waals surface area (Å²) in [5.41, 5.74) is 10.1. The quantitative estimate of drug-likeness (QED) is 0.935. The summed E-state index contributed by atoms with van der Waals surface area (Å²) >= 11 is 0. The Morgan fingerprint density at radius 2 is 1.88 bits per heavy atom. The van der Waals surface area contributed by atoms with E-state index in [0.29, 0.717) is 29.8 Å². The molecule has 4 heteroatoms. The number of hydrogen-bond donors (Lipinski definition) is 1. The van der Waals surface area contributed by atoms with E-state index in [9.17, 15) is 5.26 Å². The molecule has 1 aromatic carbocycles. The summed E-state index contributed by atoms with van der Waals surface area (Å²) in [4.78, 5) is 2.37. The molecule has 2 aromatic rings. The second kappa shape index (κ2) is 6.60. The van der Waals surface area contributed by atoms with Crippen LogP contribution in [0.1, 0.15) is 37.1 Å². The molecule has 0 radical (unpaired) electrons. The number of nitrogen functional groups attached to an aromatic ring is 1. The maximum Gasteiger partial charge on any atom is 0.133 e. The average molecular weight is 322 g/mol. The third-order valence-electron chi connectivity index (χ3n) is 4.97. The highest BCUT2D eigenvalue weighted by Gasteiger charge is 2.27. The van der Waals surface area contributed by atoms with Gasteiger partial charge in [0, 0.05) is 13.1 Å². The van der Waals surface area contributed by atoms with Gasteiger partial charge in [-0.3, -0.25) is 0 Å². The van der Waals surface area contributed by atoms with Gasteiger partial charge in [-0.2, -0.15) is 5.26 Å². The molecular formula is C20H26N4. The number of hydrogen-bond acceptors (Lipinski definition) is 3. The molecule has 1 aliphatic heterocycles. The van der Waals surface area contributed by atoms with E-state index in [1.165, 1.54) is 17.5 Å². The lowest BCUT2D eigenvalue weighted by atomic mass is 9.92. The van der Waals surface area contributed by atoms with Crippen molar-refractivity contribution in [3.05, 3.63) is 47.2 Å². The lowest BCUT2D eigenvalue weighted by Crippen LogP contribution is -2.40. The van der Waals surface area contributed by atoms with Crippen LogP contribution in [0.4, 0.5) is 11.5 Å². The molecule has 1 saturated heterocycles. The maximum atomic E-state index is 9.56. The van der Waals surface area contributed by atoms with Crippen LogP contribution in [0.2, 0.25) is 0 Å². The lowest BCUT2D eigenvalue weighted by molar-refractivity contribution is 0.353. The zero-order valence-electron chi connectivity index (χ0n) is 14.8. The molecule has 0 amide bonds. The van der Waals surface area contributed by atoms with Gasteiger partial charge in [-0.05, 0) is 42.4 Å². The van der Waals surface area contributed by atoms with E-state index in [-0.39, 0.29) is 0 Å². The Morgan fingerprint density at radius 3 is 2.50 bits per heavy atom. The third kappa shape index (κ3) is 3.12. The van der Waals surface area contributed by atoms with Crippen molar-refractivity contribution >= 4 is 11.5 Å². The minimum atomic E-state index is 0.636. The number of piperidine rings is 1. The van der Waals surface area contributed by atoms with E-state index < -0.39 is 0 Å². The molecule has 2 heterocycles. The van der Waals surface area contributed by atoms with Crippen LogP contribution in [-0.4, -0.2) is 17.7 Å². The summed E-state index contributed by atoms with van der Waals surface area (Å²) < 4.78 is 2.09. The van der Waals surface area contributed by atoms with Crippen molar-refractivity contribution < 1.29 is 0 Å². The minimum absolute atomic E-state index is 0.636. The molecule has 24 heavy (non-hydrogen) atoms. The fourth-order valence-electron chi connectivity index (χ4n) is 3.96. The highest BCUT2D eigenvalue weighted by atomic mass is 15.3.